The van der Waals surface area contributed by atoms with Crippen LogP contribution in [0, 0.1) is 0 Å². The van der Waals surface area contributed by atoms with Crippen molar-refractivity contribution >= 4 is 34.8 Å². The number of carbonyl (C=O) groups excluding carboxylic acids is 2. The van der Waals surface area contributed by atoms with Gasteiger partial charge in [-0.2, -0.15) is 0 Å². The Kier molecular flexibility index (Phi) is 5.46. The van der Waals surface area contributed by atoms with Crippen LogP contribution in [-0.4, -0.2) is 53.4 Å². The zero-order valence-electron chi connectivity index (χ0n) is 13.4. The summed E-state index contributed by atoms with van der Waals surface area (Å²) in [5, 5.41) is 14.7. The number of hydrogen-bond donors (Lipinski definition) is 2. The second-order valence-corrected chi connectivity index (χ2v) is 6.26. The van der Waals surface area contributed by atoms with Gasteiger partial charge in [-0.05, 0) is 12.1 Å². The lowest BCUT2D eigenvalue weighted by Gasteiger charge is -2.23. The first-order valence-corrected chi connectivity index (χ1v) is 8.65. The molecule has 0 atom stereocenters. The lowest BCUT2D eigenvalue weighted by atomic mass is 10.2. The summed E-state index contributed by atoms with van der Waals surface area (Å²) in [5.41, 5.74) is 1.09. The van der Waals surface area contributed by atoms with Crippen molar-refractivity contribution in [3.63, 3.8) is 0 Å². The third kappa shape index (κ3) is 4.06. The summed E-state index contributed by atoms with van der Waals surface area (Å²) >= 11 is 1.44. The molecule has 1 fully saturated rings. The normalized spacial score (nSPS) is 13.6. The van der Waals surface area contributed by atoms with Crippen molar-refractivity contribution in [2.75, 3.05) is 36.5 Å². The van der Waals surface area contributed by atoms with Gasteiger partial charge in [-0.15, -0.1) is 11.3 Å². The molecule has 0 spiro atoms. The number of cyclic esters (lactones) is 1. The van der Waals surface area contributed by atoms with Crippen LogP contribution in [0.1, 0.15) is 5.01 Å². The third-order valence-corrected chi connectivity index (χ3v) is 4.43. The van der Waals surface area contributed by atoms with Gasteiger partial charge >= 0.3 is 12.1 Å². The number of aromatic nitrogens is 1. The Morgan fingerprint density at radius 3 is 2.96 bits per heavy atom. The number of aliphatic hydroxyl groups excluding tert-OH is 1. The maximum absolute atomic E-state index is 12.6. The van der Waals surface area contributed by atoms with Crippen molar-refractivity contribution < 1.29 is 19.4 Å². The molecule has 3 rings (SSSR count). The fraction of sp³-hybridized carbons (Fsp3) is 0.312. The predicted molar refractivity (Wildman–Crippen MR) is 93.8 cm³/mol. The van der Waals surface area contributed by atoms with Gasteiger partial charge in [0.15, 0.2) is 0 Å². The molecular formula is C16H18N4O4S. The Balaban J connectivity index is 1.76. The number of nitrogens with zero attached hydrogens (tertiary/aromatic N) is 3. The van der Waals surface area contributed by atoms with E-state index in [4.69, 9.17) is 4.74 Å². The predicted octanol–water partition coefficient (Wildman–Crippen LogP) is 2.13. The average molecular weight is 362 g/mol. The Morgan fingerprint density at radius 1 is 1.44 bits per heavy atom. The molecule has 3 amide bonds. The lowest BCUT2D eigenvalue weighted by Crippen LogP contribution is -2.37. The number of para-hydroxylation sites is 2. The number of amides is 3. The zero-order valence-corrected chi connectivity index (χ0v) is 14.2. The van der Waals surface area contributed by atoms with E-state index in [0.717, 1.165) is 5.01 Å². The Labute approximate surface area is 148 Å². The summed E-state index contributed by atoms with van der Waals surface area (Å²) in [5.74, 6) is 0. The molecule has 0 aliphatic carbocycles. The number of rotatable bonds is 6. The van der Waals surface area contributed by atoms with E-state index < -0.39 is 6.09 Å². The van der Waals surface area contributed by atoms with Crippen molar-refractivity contribution in [3.05, 3.63) is 40.8 Å². The SMILES string of the molecule is O=C(Nc1ccccc1N1CCOC1=O)N(CCO)Cc1nccs1. The highest BCUT2D eigenvalue weighted by molar-refractivity contribution is 7.09. The van der Waals surface area contributed by atoms with Crippen LogP contribution in [0.25, 0.3) is 0 Å². The van der Waals surface area contributed by atoms with Crippen molar-refractivity contribution in [3.8, 4) is 0 Å². The number of anilines is 2. The van der Waals surface area contributed by atoms with Crippen molar-refractivity contribution in [1.82, 2.24) is 9.88 Å². The minimum Gasteiger partial charge on any atom is -0.447 e. The van der Waals surface area contributed by atoms with Gasteiger partial charge in [-0.25, -0.2) is 14.6 Å². The first-order chi connectivity index (χ1) is 12.2. The van der Waals surface area contributed by atoms with Gasteiger partial charge in [-0.3, -0.25) is 4.90 Å². The maximum atomic E-state index is 12.6. The van der Waals surface area contributed by atoms with Crippen molar-refractivity contribution in [1.29, 1.82) is 0 Å². The molecule has 25 heavy (non-hydrogen) atoms. The Morgan fingerprint density at radius 2 is 2.28 bits per heavy atom. The van der Waals surface area contributed by atoms with Gasteiger partial charge in [0, 0.05) is 18.1 Å². The van der Waals surface area contributed by atoms with Crippen LogP contribution in [0.3, 0.4) is 0 Å². The molecule has 1 aromatic carbocycles. The monoisotopic (exact) mass is 362 g/mol. The van der Waals surface area contributed by atoms with Gasteiger partial charge in [-0.1, -0.05) is 12.1 Å². The molecule has 9 heteroatoms. The number of aliphatic hydroxyl groups is 1. The molecule has 1 aliphatic rings. The summed E-state index contributed by atoms with van der Waals surface area (Å²) in [6.07, 6.45) is 1.24. The van der Waals surface area contributed by atoms with Crippen LogP contribution < -0.4 is 10.2 Å². The summed E-state index contributed by atoms with van der Waals surface area (Å²) < 4.78 is 4.96. The van der Waals surface area contributed by atoms with Crippen LogP contribution in [0.4, 0.5) is 21.0 Å². The van der Waals surface area contributed by atoms with Crippen LogP contribution in [0.2, 0.25) is 0 Å². The fourth-order valence-corrected chi connectivity index (χ4v) is 3.12. The second kappa shape index (κ2) is 7.95. The smallest absolute Gasteiger partial charge is 0.414 e. The molecule has 0 saturated carbocycles. The highest BCUT2D eigenvalue weighted by atomic mass is 32.1. The molecule has 1 aliphatic heterocycles. The van der Waals surface area contributed by atoms with E-state index in [9.17, 15) is 14.7 Å². The molecule has 2 heterocycles. The van der Waals surface area contributed by atoms with Gasteiger partial charge < -0.3 is 20.1 Å². The fourth-order valence-electron chi connectivity index (χ4n) is 2.49. The minimum absolute atomic E-state index is 0.154. The highest BCUT2D eigenvalue weighted by Gasteiger charge is 2.26. The topological polar surface area (TPSA) is 95.0 Å². The number of thiazole rings is 1. The molecule has 1 saturated heterocycles. The van der Waals surface area contributed by atoms with Crippen LogP contribution in [-0.2, 0) is 11.3 Å². The zero-order chi connectivity index (χ0) is 17.6. The summed E-state index contributed by atoms with van der Waals surface area (Å²) in [6, 6.07) is 6.66. The standard InChI is InChI=1S/C16H18N4O4S/c21-8-6-19(11-14-17-5-10-25-14)15(22)18-12-3-1-2-4-13(12)20-7-9-24-16(20)23/h1-5,10,21H,6-9,11H2,(H,18,22). The number of ether oxygens (including phenoxy) is 1. The molecule has 0 bridgehead atoms. The van der Waals surface area contributed by atoms with Crippen molar-refractivity contribution in [2.24, 2.45) is 0 Å². The van der Waals surface area contributed by atoms with E-state index in [1.54, 1.807) is 30.5 Å². The first-order valence-electron chi connectivity index (χ1n) is 7.77. The number of urea groups is 1. The quantitative estimate of drug-likeness (QED) is 0.821. The molecule has 8 nitrogen and oxygen atoms in total. The minimum atomic E-state index is -0.434. The summed E-state index contributed by atoms with van der Waals surface area (Å²) in [6.45, 7) is 1.09. The lowest BCUT2D eigenvalue weighted by molar-refractivity contribution is 0.181. The Bertz CT molecular complexity index is 737. The van der Waals surface area contributed by atoms with Crippen LogP contribution in [0.5, 0.6) is 0 Å². The van der Waals surface area contributed by atoms with E-state index in [2.05, 4.69) is 10.3 Å². The largest absolute Gasteiger partial charge is 0.447 e. The Hall–Kier alpha value is -2.65. The van der Waals surface area contributed by atoms with Crippen molar-refractivity contribution in [2.45, 2.75) is 6.54 Å². The molecule has 132 valence electrons. The van der Waals surface area contributed by atoms with Crippen LogP contribution >= 0.6 is 11.3 Å². The van der Waals surface area contributed by atoms with Gasteiger partial charge in [0.1, 0.15) is 11.6 Å². The highest BCUT2D eigenvalue weighted by Crippen LogP contribution is 2.28. The first kappa shape index (κ1) is 17.2. The van der Waals surface area contributed by atoms with Gasteiger partial charge in [0.25, 0.3) is 0 Å². The van der Waals surface area contributed by atoms with Gasteiger partial charge in [0.2, 0.25) is 0 Å². The van der Waals surface area contributed by atoms with Gasteiger partial charge in [0.05, 0.1) is 31.1 Å². The summed E-state index contributed by atoms with van der Waals surface area (Å²) in [4.78, 5) is 31.5. The van der Waals surface area contributed by atoms with E-state index in [1.165, 1.54) is 21.1 Å². The average Bonchev–Trinajstić information content (AvgIpc) is 3.26. The van der Waals surface area contributed by atoms with Crippen LogP contribution in [0.15, 0.2) is 35.8 Å². The third-order valence-electron chi connectivity index (χ3n) is 3.66. The molecule has 2 N–H and O–H groups in total. The molecule has 0 radical (unpaired) electrons. The summed E-state index contributed by atoms with van der Waals surface area (Å²) in [7, 11) is 0. The van der Waals surface area contributed by atoms with E-state index in [0.29, 0.717) is 31.1 Å². The molecule has 0 unspecified atom stereocenters. The number of benzene rings is 1. The molecule has 2 aromatic rings. The van der Waals surface area contributed by atoms with E-state index >= 15 is 0 Å². The molecule has 1 aromatic heterocycles. The molecular weight excluding hydrogens is 344 g/mol. The van der Waals surface area contributed by atoms with E-state index in [-0.39, 0.29) is 19.2 Å². The second-order valence-electron chi connectivity index (χ2n) is 5.28. The maximum Gasteiger partial charge on any atom is 0.414 e. The number of nitrogens with one attached hydrogen (secondary N) is 1. The number of hydrogen-bond acceptors (Lipinski definition) is 6. The number of carbonyl (C=O) groups is 2. The van der Waals surface area contributed by atoms with E-state index in [1.807, 2.05) is 5.38 Å².